The minimum absolute atomic E-state index is 0.0246. The summed E-state index contributed by atoms with van der Waals surface area (Å²) in [5, 5.41) is 2.95. The van der Waals surface area contributed by atoms with Gasteiger partial charge in [0, 0.05) is 6.61 Å². The molecule has 1 N–H and O–H groups in total. The Hall–Kier alpha value is 0.01000. The van der Waals surface area contributed by atoms with Gasteiger partial charge in [0.2, 0.25) is 5.91 Å². The van der Waals surface area contributed by atoms with Gasteiger partial charge in [-0.3, -0.25) is 4.79 Å². The van der Waals surface area contributed by atoms with Crippen LogP contribution in [0, 0.1) is 5.41 Å². The predicted molar refractivity (Wildman–Crippen MR) is 63.7 cm³/mol. The first-order chi connectivity index (χ1) is 7.37. The lowest BCUT2D eigenvalue weighted by Gasteiger charge is -2.22. The molecule has 2 fully saturated rings. The lowest BCUT2D eigenvalue weighted by Crippen LogP contribution is -2.44. The Balaban J connectivity index is 1.88. The summed E-state index contributed by atoms with van der Waals surface area (Å²) in [6, 6.07) is 0.0246. The molecule has 0 radical (unpaired) electrons. The van der Waals surface area contributed by atoms with E-state index in [1.54, 1.807) is 6.92 Å². The number of hydrogen-bond donors (Lipinski definition) is 1. The Bertz CT molecular complexity index is 302. The van der Waals surface area contributed by atoms with Crippen LogP contribution in [0.1, 0.15) is 33.1 Å². The SMILES string of the molecule is C[C@@H](NC(=O)[C@@]1(C)CC1(Cl)Cl)[C@@H]1CCCO1. The zero-order chi connectivity index (χ0) is 12.0. The zero-order valence-corrected chi connectivity index (χ0v) is 11.1. The molecule has 0 aromatic carbocycles. The first kappa shape index (κ1) is 12.5. The molecule has 16 heavy (non-hydrogen) atoms. The molecule has 0 unspecified atom stereocenters. The van der Waals surface area contributed by atoms with Crippen molar-refractivity contribution < 1.29 is 9.53 Å². The van der Waals surface area contributed by atoms with E-state index < -0.39 is 9.75 Å². The molecule has 0 spiro atoms. The van der Waals surface area contributed by atoms with Crippen molar-refractivity contribution in [3.63, 3.8) is 0 Å². The quantitative estimate of drug-likeness (QED) is 0.796. The summed E-state index contributed by atoms with van der Waals surface area (Å²) in [4.78, 5) is 12.0. The summed E-state index contributed by atoms with van der Waals surface area (Å²) in [7, 11) is 0. The van der Waals surface area contributed by atoms with Crippen LogP contribution in [-0.2, 0) is 9.53 Å². The lowest BCUT2D eigenvalue weighted by atomic mass is 10.1. The van der Waals surface area contributed by atoms with Crippen molar-refractivity contribution in [1.29, 1.82) is 0 Å². The van der Waals surface area contributed by atoms with Crippen LogP contribution in [0.25, 0.3) is 0 Å². The van der Waals surface area contributed by atoms with Crippen LogP contribution >= 0.6 is 23.2 Å². The van der Waals surface area contributed by atoms with Crippen molar-refractivity contribution in [2.24, 2.45) is 5.41 Å². The summed E-state index contributed by atoms with van der Waals surface area (Å²) < 4.78 is 4.62. The second-order valence-electron chi connectivity index (χ2n) is 5.03. The van der Waals surface area contributed by atoms with Crippen LogP contribution in [0.4, 0.5) is 0 Å². The third kappa shape index (κ3) is 2.05. The van der Waals surface area contributed by atoms with Crippen molar-refractivity contribution in [3.05, 3.63) is 0 Å². The first-order valence-corrected chi connectivity index (χ1v) is 6.43. The Kier molecular flexibility index (Phi) is 3.15. The summed E-state index contributed by atoms with van der Waals surface area (Å²) in [5.74, 6) is -0.0690. The molecule has 1 aliphatic heterocycles. The molecular formula is C11H17Cl2NO2. The average molecular weight is 266 g/mol. The molecule has 92 valence electrons. The van der Waals surface area contributed by atoms with Gasteiger partial charge in [-0.1, -0.05) is 0 Å². The highest BCUT2D eigenvalue weighted by Crippen LogP contribution is 2.63. The second-order valence-corrected chi connectivity index (χ2v) is 6.51. The smallest absolute Gasteiger partial charge is 0.229 e. The number of carbonyl (C=O) groups is 1. The summed E-state index contributed by atoms with van der Waals surface area (Å²) in [5.41, 5.74) is -0.636. The van der Waals surface area contributed by atoms with E-state index in [0.717, 1.165) is 19.4 Å². The van der Waals surface area contributed by atoms with E-state index in [4.69, 9.17) is 27.9 Å². The number of carbonyl (C=O) groups excluding carboxylic acids is 1. The average Bonchev–Trinajstić information content (AvgIpc) is 2.63. The highest BCUT2D eigenvalue weighted by molar-refractivity contribution is 6.53. The minimum Gasteiger partial charge on any atom is -0.376 e. The van der Waals surface area contributed by atoms with E-state index in [9.17, 15) is 4.79 Å². The third-order valence-corrected chi connectivity index (χ3v) is 4.74. The van der Waals surface area contributed by atoms with Crippen molar-refractivity contribution in [1.82, 2.24) is 5.32 Å². The highest BCUT2D eigenvalue weighted by Gasteiger charge is 2.68. The van der Waals surface area contributed by atoms with Gasteiger partial charge in [-0.2, -0.15) is 0 Å². The van der Waals surface area contributed by atoms with E-state index >= 15 is 0 Å². The van der Waals surface area contributed by atoms with Gasteiger partial charge in [-0.25, -0.2) is 0 Å². The van der Waals surface area contributed by atoms with Gasteiger partial charge >= 0.3 is 0 Å². The van der Waals surface area contributed by atoms with Crippen LogP contribution in [0.15, 0.2) is 0 Å². The molecular weight excluding hydrogens is 249 g/mol. The van der Waals surface area contributed by atoms with Gasteiger partial charge in [-0.05, 0) is 33.1 Å². The van der Waals surface area contributed by atoms with E-state index in [2.05, 4.69) is 5.32 Å². The van der Waals surface area contributed by atoms with Gasteiger partial charge in [0.15, 0.2) is 0 Å². The number of amides is 1. The van der Waals surface area contributed by atoms with Crippen molar-refractivity contribution in [3.8, 4) is 0 Å². The second kappa shape index (κ2) is 4.04. The Morgan fingerprint density at radius 1 is 1.56 bits per heavy atom. The maximum atomic E-state index is 12.0. The van der Waals surface area contributed by atoms with E-state index in [0.29, 0.717) is 6.42 Å². The first-order valence-electron chi connectivity index (χ1n) is 5.67. The largest absolute Gasteiger partial charge is 0.376 e. The fourth-order valence-corrected chi connectivity index (χ4v) is 2.81. The monoisotopic (exact) mass is 265 g/mol. The number of halogens is 2. The number of nitrogens with one attached hydrogen (secondary N) is 1. The van der Waals surface area contributed by atoms with Crippen LogP contribution in [0.3, 0.4) is 0 Å². The molecule has 5 heteroatoms. The lowest BCUT2D eigenvalue weighted by molar-refractivity contribution is -0.127. The van der Waals surface area contributed by atoms with Crippen LogP contribution in [0.5, 0.6) is 0 Å². The highest BCUT2D eigenvalue weighted by atomic mass is 35.5. The molecule has 1 aliphatic carbocycles. The van der Waals surface area contributed by atoms with E-state index in [1.807, 2.05) is 6.92 Å². The van der Waals surface area contributed by atoms with Gasteiger partial charge in [-0.15, -0.1) is 23.2 Å². The molecule has 2 rings (SSSR count). The molecule has 0 aromatic rings. The molecule has 0 aromatic heterocycles. The Morgan fingerprint density at radius 2 is 2.19 bits per heavy atom. The fraction of sp³-hybridized carbons (Fsp3) is 0.909. The fourth-order valence-electron chi connectivity index (χ4n) is 2.10. The minimum atomic E-state index is -0.895. The van der Waals surface area contributed by atoms with Crippen LogP contribution in [0.2, 0.25) is 0 Å². The molecule has 1 amide bonds. The van der Waals surface area contributed by atoms with Gasteiger partial charge in [0.25, 0.3) is 0 Å². The Morgan fingerprint density at radius 3 is 2.62 bits per heavy atom. The van der Waals surface area contributed by atoms with Gasteiger partial charge in [0.1, 0.15) is 4.33 Å². The van der Waals surface area contributed by atoms with Crippen LogP contribution in [-0.4, -0.2) is 29.0 Å². The summed E-state index contributed by atoms with van der Waals surface area (Å²) in [6.07, 6.45) is 2.72. The molecule has 1 heterocycles. The third-order valence-electron chi connectivity index (χ3n) is 3.64. The molecule has 3 nitrogen and oxygen atoms in total. The van der Waals surface area contributed by atoms with E-state index in [1.165, 1.54) is 0 Å². The molecule has 0 bridgehead atoms. The predicted octanol–water partition coefficient (Wildman–Crippen LogP) is 2.25. The number of ether oxygens (including phenoxy) is 1. The number of alkyl halides is 2. The number of rotatable bonds is 3. The molecule has 2 aliphatic rings. The van der Waals surface area contributed by atoms with Crippen molar-refractivity contribution >= 4 is 29.1 Å². The maximum absolute atomic E-state index is 12.0. The van der Waals surface area contributed by atoms with E-state index in [-0.39, 0.29) is 18.1 Å². The zero-order valence-electron chi connectivity index (χ0n) is 9.56. The van der Waals surface area contributed by atoms with Gasteiger partial charge < -0.3 is 10.1 Å². The summed E-state index contributed by atoms with van der Waals surface area (Å²) in [6.45, 7) is 4.55. The summed E-state index contributed by atoms with van der Waals surface area (Å²) >= 11 is 11.9. The standard InChI is InChI=1S/C11H17Cl2NO2/c1-7(8-4-3-5-16-8)14-9(15)10(2)6-11(10,12)13/h7-8H,3-6H2,1-2H3,(H,14,15)/t7-,8+,10-/m1/s1. The number of hydrogen-bond acceptors (Lipinski definition) is 2. The van der Waals surface area contributed by atoms with Crippen LogP contribution < -0.4 is 5.32 Å². The molecule has 1 saturated carbocycles. The van der Waals surface area contributed by atoms with Gasteiger partial charge in [0.05, 0.1) is 17.6 Å². The molecule has 3 atom stereocenters. The Labute approximate surface area is 106 Å². The van der Waals surface area contributed by atoms with Crippen molar-refractivity contribution in [2.75, 3.05) is 6.61 Å². The maximum Gasteiger partial charge on any atom is 0.229 e. The topological polar surface area (TPSA) is 38.3 Å². The molecule has 1 saturated heterocycles. The normalized spacial score (nSPS) is 38.1. The van der Waals surface area contributed by atoms with Crippen molar-refractivity contribution in [2.45, 2.75) is 49.6 Å².